The van der Waals surface area contributed by atoms with Crippen molar-refractivity contribution in [3.8, 4) is 0 Å². The Kier molecular flexibility index (Phi) is 4.02. The summed E-state index contributed by atoms with van der Waals surface area (Å²) in [6.45, 7) is 4.91. The second-order valence-corrected chi connectivity index (χ2v) is 5.11. The Morgan fingerprint density at radius 3 is 2.87 bits per heavy atom. The molecule has 6 heteroatoms. The molecule has 0 aliphatic heterocycles. The van der Waals surface area contributed by atoms with Crippen molar-refractivity contribution in [1.82, 2.24) is 9.78 Å². The average molecular weight is 229 g/mol. The monoisotopic (exact) mass is 229 g/mol. The molecule has 0 bridgehead atoms. The Hall–Kier alpha value is -1.17. The number of hydrogen-bond donors (Lipinski definition) is 2. The summed E-state index contributed by atoms with van der Waals surface area (Å²) in [5.74, 6) is -0.180. The number of nitrogens with two attached hydrogens (primary N) is 1. The number of hydrogen-bond acceptors (Lipinski definition) is 4. The minimum Gasteiger partial charge on any atom is -0.476 e. The van der Waals surface area contributed by atoms with E-state index < -0.39 is 5.97 Å². The molecule has 0 aromatic carbocycles. The van der Waals surface area contributed by atoms with Crippen LogP contribution in [0.1, 0.15) is 24.3 Å². The van der Waals surface area contributed by atoms with E-state index in [9.17, 15) is 4.79 Å². The molecule has 1 rings (SSSR count). The van der Waals surface area contributed by atoms with Gasteiger partial charge < -0.3 is 10.8 Å². The van der Waals surface area contributed by atoms with Gasteiger partial charge >= 0.3 is 5.97 Å². The number of nitrogen functional groups attached to an aromatic ring is 1. The number of thioether (sulfide) groups is 1. The maximum absolute atomic E-state index is 10.7. The zero-order chi connectivity index (χ0) is 11.4. The van der Waals surface area contributed by atoms with Crippen LogP contribution in [-0.2, 0) is 6.54 Å². The van der Waals surface area contributed by atoms with E-state index in [4.69, 9.17) is 10.8 Å². The predicted octanol–water partition coefficient (Wildman–Crippen LogP) is 1.31. The normalized spacial score (nSPS) is 10.9. The van der Waals surface area contributed by atoms with Crippen LogP contribution in [-0.4, -0.2) is 31.9 Å². The van der Waals surface area contributed by atoms with Crippen LogP contribution in [0.25, 0.3) is 0 Å². The van der Waals surface area contributed by atoms with Gasteiger partial charge in [-0.05, 0) is 5.25 Å². The maximum Gasteiger partial charge on any atom is 0.358 e. The Bertz CT molecular complexity index is 349. The van der Waals surface area contributed by atoms with Crippen LogP contribution >= 0.6 is 11.8 Å². The average Bonchev–Trinajstić information content (AvgIpc) is 2.46. The van der Waals surface area contributed by atoms with Gasteiger partial charge in [0.1, 0.15) is 0 Å². The first-order valence-corrected chi connectivity index (χ1v) is 5.73. The molecule has 0 fully saturated rings. The highest BCUT2D eigenvalue weighted by molar-refractivity contribution is 7.99. The molecule has 0 aliphatic carbocycles. The molecule has 5 nitrogen and oxygen atoms in total. The summed E-state index contributed by atoms with van der Waals surface area (Å²) in [6, 6.07) is 0. The van der Waals surface area contributed by atoms with Crippen molar-refractivity contribution in [2.75, 3.05) is 11.5 Å². The molecule has 0 amide bonds. The fourth-order valence-electron chi connectivity index (χ4n) is 1.10. The Morgan fingerprint density at radius 2 is 2.40 bits per heavy atom. The summed E-state index contributed by atoms with van der Waals surface area (Å²) in [4.78, 5) is 10.7. The molecule has 0 radical (unpaired) electrons. The molecule has 1 aromatic heterocycles. The van der Waals surface area contributed by atoms with Crippen molar-refractivity contribution in [2.24, 2.45) is 0 Å². The Balaban J connectivity index is 2.56. The highest BCUT2D eigenvalue weighted by Gasteiger charge is 2.12. The zero-order valence-electron chi connectivity index (χ0n) is 8.80. The number of anilines is 1. The molecule has 0 spiro atoms. The minimum atomic E-state index is -1.08. The Morgan fingerprint density at radius 1 is 1.73 bits per heavy atom. The summed E-state index contributed by atoms with van der Waals surface area (Å²) in [6.07, 6.45) is 1.56. The van der Waals surface area contributed by atoms with Gasteiger partial charge in [-0.1, -0.05) is 13.8 Å². The third-order valence-corrected chi connectivity index (χ3v) is 2.85. The van der Waals surface area contributed by atoms with E-state index in [0.717, 1.165) is 5.75 Å². The first-order chi connectivity index (χ1) is 7.00. The van der Waals surface area contributed by atoms with Crippen LogP contribution in [0, 0.1) is 0 Å². The summed E-state index contributed by atoms with van der Waals surface area (Å²) in [5.41, 5.74) is 5.66. The molecule has 3 N–H and O–H groups in total. The van der Waals surface area contributed by atoms with Crippen LogP contribution in [0.3, 0.4) is 0 Å². The maximum atomic E-state index is 10.7. The van der Waals surface area contributed by atoms with E-state index in [1.807, 2.05) is 0 Å². The van der Waals surface area contributed by atoms with Crippen molar-refractivity contribution >= 4 is 23.4 Å². The van der Waals surface area contributed by atoms with Crippen LogP contribution in [0.2, 0.25) is 0 Å². The zero-order valence-corrected chi connectivity index (χ0v) is 9.62. The van der Waals surface area contributed by atoms with Crippen LogP contribution < -0.4 is 5.73 Å². The first-order valence-electron chi connectivity index (χ1n) is 4.68. The molecular formula is C9H15N3O2S. The second kappa shape index (κ2) is 5.06. The lowest BCUT2D eigenvalue weighted by molar-refractivity contribution is 0.0690. The molecule has 0 unspecified atom stereocenters. The lowest BCUT2D eigenvalue weighted by atomic mass is 10.4. The van der Waals surface area contributed by atoms with Gasteiger partial charge in [0.2, 0.25) is 0 Å². The molecule has 0 atom stereocenters. The number of aromatic nitrogens is 2. The third-order valence-electron chi connectivity index (χ3n) is 1.76. The number of carboxylic acids is 1. The van der Waals surface area contributed by atoms with E-state index in [-0.39, 0.29) is 11.4 Å². The van der Waals surface area contributed by atoms with Gasteiger partial charge in [0.15, 0.2) is 5.69 Å². The first kappa shape index (κ1) is 11.9. The highest BCUT2D eigenvalue weighted by Crippen LogP contribution is 2.12. The van der Waals surface area contributed by atoms with Gasteiger partial charge in [0.25, 0.3) is 0 Å². The fourth-order valence-corrected chi connectivity index (χ4v) is 1.86. The number of nitrogens with zero attached hydrogens (tertiary/aromatic N) is 2. The van der Waals surface area contributed by atoms with E-state index in [1.165, 1.54) is 0 Å². The van der Waals surface area contributed by atoms with Crippen molar-refractivity contribution in [1.29, 1.82) is 0 Å². The lowest BCUT2D eigenvalue weighted by Gasteiger charge is -2.03. The van der Waals surface area contributed by atoms with Gasteiger partial charge in [0.05, 0.1) is 12.2 Å². The predicted molar refractivity (Wildman–Crippen MR) is 61.2 cm³/mol. The van der Waals surface area contributed by atoms with Gasteiger partial charge in [-0.3, -0.25) is 4.68 Å². The van der Waals surface area contributed by atoms with Gasteiger partial charge in [-0.15, -0.1) is 0 Å². The number of carboxylic acid groups (broad SMARTS) is 1. The molecule has 0 aliphatic rings. The highest BCUT2D eigenvalue weighted by atomic mass is 32.2. The van der Waals surface area contributed by atoms with Crippen molar-refractivity contribution in [3.05, 3.63) is 11.9 Å². The van der Waals surface area contributed by atoms with Crippen molar-refractivity contribution in [2.45, 2.75) is 25.6 Å². The number of aromatic carboxylic acids is 1. The lowest BCUT2D eigenvalue weighted by Crippen LogP contribution is -2.05. The van der Waals surface area contributed by atoms with E-state index in [2.05, 4.69) is 18.9 Å². The quantitative estimate of drug-likeness (QED) is 0.795. The van der Waals surface area contributed by atoms with Gasteiger partial charge in [-0.25, -0.2) is 4.79 Å². The van der Waals surface area contributed by atoms with E-state index >= 15 is 0 Å². The van der Waals surface area contributed by atoms with Gasteiger partial charge in [0, 0.05) is 11.9 Å². The largest absolute Gasteiger partial charge is 0.476 e. The van der Waals surface area contributed by atoms with Crippen molar-refractivity contribution < 1.29 is 9.90 Å². The minimum absolute atomic E-state index is 0.0652. The third kappa shape index (κ3) is 3.47. The smallest absolute Gasteiger partial charge is 0.358 e. The molecule has 1 heterocycles. The topological polar surface area (TPSA) is 81.1 Å². The van der Waals surface area contributed by atoms with E-state index in [0.29, 0.717) is 11.8 Å². The van der Waals surface area contributed by atoms with E-state index in [1.54, 1.807) is 22.6 Å². The standard InChI is InChI=1S/C9H15N3O2S/c1-6(2)15-4-3-12-5-7(10)8(11-12)9(13)14/h5-6H,3-4,10H2,1-2H3,(H,13,14). The number of rotatable bonds is 5. The second-order valence-electron chi connectivity index (χ2n) is 3.42. The molecule has 84 valence electrons. The summed E-state index contributed by atoms with van der Waals surface area (Å²) >= 11 is 1.80. The summed E-state index contributed by atoms with van der Waals surface area (Å²) in [5, 5.41) is 13.2. The summed E-state index contributed by atoms with van der Waals surface area (Å²) in [7, 11) is 0. The number of aryl methyl sites for hydroxylation is 1. The van der Waals surface area contributed by atoms with Crippen molar-refractivity contribution in [3.63, 3.8) is 0 Å². The Labute approximate surface area is 92.6 Å². The SMILES string of the molecule is CC(C)SCCn1cc(N)c(C(=O)O)n1. The number of carbonyl (C=O) groups is 1. The van der Waals surface area contributed by atoms with Crippen LogP contribution in [0.4, 0.5) is 5.69 Å². The van der Waals surface area contributed by atoms with Gasteiger partial charge in [-0.2, -0.15) is 16.9 Å². The summed E-state index contributed by atoms with van der Waals surface area (Å²) < 4.78 is 1.58. The molecular weight excluding hydrogens is 214 g/mol. The molecule has 0 saturated heterocycles. The fraction of sp³-hybridized carbons (Fsp3) is 0.556. The molecule has 0 saturated carbocycles. The van der Waals surface area contributed by atoms with Crippen LogP contribution in [0.15, 0.2) is 6.20 Å². The van der Waals surface area contributed by atoms with Crippen LogP contribution in [0.5, 0.6) is 0 Å². The molecule has 15 heavy (non-hydrogen) atoms. The molecule has 1 aromatic rings.